The third kappa shape index (κ3) is 16.4. The number of hydrogen-bond acceptors (Lipinski definition) is 11. The van der Waals surface area contributed by atoms with Gasteiger partial charge in [-0.1, -0.05) is 104 Å². The van der Waals surface area contributed by atoms with Crippen molar-refractivity contribution in [2.75, 3.05) is 45.1 Å². The van der Waals surface area contributed by atoms with E-state index in [1.807, 2.05) is 111 Å². The minimum absolute atomic E-state index is 0. The standard InChI is InChI=1S/2C34H34FN5O2.CH4O.CH4.3ClH/c2*1-21-16-30(40(39-21)26-8-5-6-23(17-26)19-36)34(41)38-29-18-25(12-14-28(29)35)33(37-20-22-10-11-22)32-27-9-4-3-7-24(27)13-15-31(32)42-2;1-2;;;;/h2*3-9,12-18,22,33,37H,10-11,19-20,36H2,1-2H3,(H,38,41);2H,1H3;1H4;3*1H. The third-order valence-electron chi connectivity index (χ3n) is 15.5. The Morgan fingerprint density at radius 2 is 0.933 bits per heavy atom. The minimum Gasteiger partial charge on any atom is -0.496 e. The van der Waals surface area contributed by atoms with E-state index in [1.54, 1.807) is 60.0 Å². The maximum Gasteiger partial charge on any atom is 0.274 e. The second kappa shape index (κ2) is 32.5. The molecule has 2 amide bonds. The van der Waals surface area contributed by atoms with Crippen molar-refractivity contribution >= 4 is 82.0 Å². The number of rotatable bonds is 20. The molecule has 9 N–H and O–H groups in total. The zero-order valence-corrected chi connectivity index (χ0v) is 52.6. The van der Waals surface area contributed by atoms with Crippen molar-refractivity contribution in [3.8, 4) is 22.9 Å². The van der Waals surface area contributed by atoms with Crippen molar-refractivity contribution in [1.29, 1.82) is 0 Å². The fraction of sp³-hybridized carbons (Fsp3) is 0.257. The van der Waals surface area contributed by atoms with Gasteiger partial charge in [-0.05, 0) is 181 Å². The number of carbonyl (C=O) groups is 2. The summed E-state index contributed by atoms with van der Waals surface area (Å²) < 4.78 is 45.3. The van der Waals surface area contributed by atoms with Gasteiger partial charge in [-0.15, -0.1) is 37.2 Å². The SMILES string of the molecule is C.CO.COc1ccc2ccccc2c1C(NCC1CC1)c1ccc(F)c(NC(=O)c2cc(C)nn2-c2cccc(CN)c2)c1.COc1ccc2ccccc2c1C(NCC1CC1)c1ccc(F)c(NC(=O)c2cc(C)nn2-c2cccc(CN)c2)c1.Cl.Cl.Cl. The Bertz CT molecular complexity index is 3800. The van der Waals surface area contributed by atoms with Crippen LogP contribution < -0.4 is 42.2 Å². The molecule has 2 atom stereocenters. The van der Waals surface area contributed by atoms with Crippen LogP contribution in [0.25, 0.3) is 32.9 Å². The van der Waals surface area contributed by atoms with E-state index in [9.17, 15) is 9.59 Å². The molecule has 0 radical (unpaired) electrons. The molecule has 0 saturated heterocycles. The highest BCUT2D eigenvalue weighted by Gasteiger charge is 2.30. The first-order valence-electron chi connectivity index (χ1n) is 28.9. The predicted molar refractivity (Wildman–Crippen MR) is 364 cm³/mol. The van der Waals surface area contributed by atoms with Gasteiger partial charge in [0.05, 0.1) is 60.4 Å². The monoisotopic (exact) mass is 1280 g/mol. The van der Waals surface area contributed by atoms with Crippen LogP contribution in [0, 0.1) is 37.3 Å². The average molecular weight is 1280 g/mol. The van der Waals surface area contributed by atoms with Crippen molar-refractivity contribution in [2.45, 2.75) is 72.1 Å². The molecule has 90 heavy (non-hydrogen) atoms. The van der Waals surface area contributed by atoms with Crippen molar-refractivity contribution in [1.82, 2.24) is 30.2 Å². The molecule has 474 valence electrons. The molecule has 2 heterocycles. The largest absolute Gasteiger partial charge is 0.496 e. The normalized spacial score (nSPS) is 12.9. The van der Waals surface area contributed by atoms with E-state index in [0.29, 0.717) is 59.1 Å². The molecule has 2 aliphatic rings. The molecular weight excluding hydrogens is 1210 g/mol. The molecule has 2 unspecified atom stereocenters. The molecule has 2 aliphatic carbocycles. The quantitative estimate of drug-likeness (QED) is 0.0382. The summed E-state index contributed by atoms with van der Waals surface area (Å²) in [5, 5.41) is 33.4. The second-order valence-electron chi connectivity index (χ2n) is 21.7. The molecule has 10 aromatic rings. The first-order chi connectivity index (χ1) is 41.9. The lowest BCUT2D eigenvalue weighted by Gasteiger charge is -2.24. The summed E-state index contributed by atoms with van der Waals surface area (Å²) in [5.41, 5.74) is 20.6. The number of ether oxygens (including phenoxy) is 2. The minimum atomic E-state index is -0.522. The van der Waals surface area contributed by atoms with E-state index in [-0.39, 0.29) is 68.1 Å². The van der Waals surface area contributed by atoms with Crippen LogP contribution in [0.5, 0.6) is 11.5 Å². The van der Waals surface area contributed by atoms with E-state index in [2.05, 4.69) is 55.7 Å². The number of aromatic nitrogens is 4. The number of benzene rings is 8. The van der Waals surface area contributed by atoms with Crippen molar-refractivity contribution in [3.63, 3.8) is 0 Å². The van der Waals surface area contributed by atoms with Gasteiger partial charge in [0.1, 0.15) is 34.5 Å². The van der Waals surface area contributed by atoms with E-state index < -0.39 is 23.4 Å². The summed E-state index contributed by atoms with van der Waals surface area (Å²) >= 11 is 0. The van der Waals surface area contributed by atoms with Gasteiger partial charge in [0.25, 0.3) is 11.8 Å². The number of nitrogens with zero attached hydrogens (tertiary/aromatic N) is 4. The number of anilines is 2. The van der Waals surface area contributed by atoms with Crippen LogP contribution in [0.4, 0.5) is 20.2 Å². The highest BCUT2D eigenvalue weighted by molar-refractivity contribution is 6.04. The van der Waals surface area contributed by atoms with E-state index >= 15 is 8.78 Å². The number of amides is 2. The first kappa shape index (κ1) is 70.9. The second-order valence-corrected chi connectivity index (χ2v) is 21.7. The van der Waals surface area contributed by atoms with Gasteiger partial charge in [0.2, 0.25) is 0 Å². The van der Waals surface area contributed by atoms with Gasteiger partial charge >= 0.3 is 0 Å². The Balaban J connectivity index is 0.000000267. The number of aryl methyl sites for hydroxylation is 2. The van der Waals surface area contributed by atoms with Gasteiger partial charge in [-0.3, -0.25) is 9.59 Å². The number of halogens is 5. The first-order valence-corrected chi connectivity index (χ1v) is 28.9. The molecule has 0 bridgehead atoms. The molecule has 8 aromatic carbocycles. The van der Waals surface area contributed by atoms with Gasteiger partial charge in [0.15, 0.2) is 0 Å². The van der Waals surface area contributed by atoms with Crippen LogP contribution in [-0.4, -0.2) is 70.9 Å². The van der Waals surface area contributed by atoms with Gasteiger partial charge in [0, 0.05) is 31.3 Å². The topological polar surface area (TPSA) is 209 Å². The van der Waals surface area contributed by atoms with Crippen LogP contribution >= 0.6 is 37.2 Å². The zero-order chi connectivity index (χ0) is 60.4. The van der Waals surface area contributed by atoms with Crippen LogP contribution in [0.2, 0.25) is 0 Å². The van der Waals surface area contributed by atoms with E-state index in [0.717, 1.165) is 86.6 Å². The number of nitrogens with one attached hydrogen (secondary N) is 4. The van der Waals surface area contributed by atoms with Crippen LogP contribution in [-0.2, 0) is 13.1 Å². The number of fused-ring (bicyclic) bond motifs is 2. The maximum atomic E-state index is 15.3. The molecule has 0 aliphatic heterocycles. The van der Waals surface area contributed by atoms with Gasteiger partial charge in [-0.2, -0.15) is 10.2 Å². The summed E-state index contributed by atoms with van der Waals surface area (Å²) in [7, 11) is 4.33. The summed E-state index contributed by atoms with van der Waals surface area (Å²) in [4.78, 5) is 27.2. The van der Waals surface area contributed by atoms with Crippen LogP contribution in [0.3, 0.4) is 0 Å². The zero-order valence-electron chi connectivity index (χ0n) is 50.1. The molecule has 2 fully saturated rings. The average Bonchev–Trinajstić information content (AvgIpc) is 2.08. The molecule has 0 spiro atoms. The predicted octanol–water partition coefficient (Wildman–Crippen LogP) is 14.1. The van der Waals surface area contributed by atoms with E-state index in [4.69, 9.17) is 26.0 Å². The number of carbonyl (C=O) groups excluding carboxylic acids is 2. The number of hydrogen-bond donors (Lipinski definition) is 7. The highest BCUT2D eigenvalue weighted by Crippen LogP contribution is 2.41. The molecule has 15 nitrogen and oxygen atoms in total. The fourth-order valence-electron chi connectivity index (χ4n) is 10.8. The third-order valence-corrected chi connectivity index (χ3v) is 15.5. The van der Waals surface area contributed by atoms with E-state index in [1.165, 1.54) is 37.8 Å². The summed E-state index contributed by atoms with van der Waals surface area (Å²) in [5.74, 6) is 0.762. The highest BCUT2D eigenvalue weighted by atomic mass is 35.5. The summed E-state index contributed by atoms with van der Waals surface area (Å²) in [6, 6.07) is 52.0. The number of methoxy groups -OCH3 is 2. The molecule has 2 saturated carbocycles. The Labute approximate surface area is 543 Å². The molecular formula is C70H79Cl3F2N10O5. The van der Waals surface area contributed by atoms with Crippen molar-refractivity contribution in [2.24, 2.45) is 23.3 Å². The molecule has 20 heteroatoms. The van der Waals surface area contributed by atoms with Crippen molar-refractivity contribution in [3.05, 3.63) is 238 Å². The lowest BCUT2D eigenvalue weighted by atomic mass is 9.92. The van der Waals surface area contributed by atoms with Gasteiger partial charge < -0.3 is 47.3 Å². The Hall–Kier alpha value is -8.23. The summed E-state index contributed by atoms with van der Waals surface area (Å²) in [6.07, 6.45) is 4.77. The van der Waals surface area contributed by atoms with Crippen LogP contribution in [0.15, 0.2) is 170 Å². The number of aliphatic hydroxyl groups excluding tert-OH is 1. The number of aliphatic hydroxyl groups is 1. The molecule has 2 aromatic heterocycles. The lowest BCUT2D eigenvalue weighted by Crippen LogP contribution is -2.26. The Morgan fingerprint density at radius 3 is 1.30 bits per heavy atom. The van der Waals surface area contributed by atoms with Crippen molar-refractivity contribution < 1.29 is 33.0 Å². The summed E-state index contributed by atoms with van der Waals surface area (Å²) in [6.45, 7) is 6.02. The smallest absolute Gasteiger partial charge is 0.274 e. The fourth-order valence-corrected chi connectivity index (χ4v) is 10.8. The number of nitrogens with two attached hydrogens (primary N) is 2. The van der Waals surface area contributed by atoms with Crippen LogP contribution in [0.1, 0.15) is 111 Å². The Morgan fingerprint density at radius 1 is 0.544 bits per heavy atom. The molecule has 12 rings (SSSR count). The maximum absolute atomic E-state index is 15.3. The van der Waals surface area contributed by atoms with Gasteiger partial charge in [-0.25, -0.2) is 18.1 Å². The Kier molecular flexibility index (Phi) is 25.6. The lowest BCUT2D eigenvalue weighted by molar-refractivity contribution is 0.101.